The number of aryl methyl sites for hydroxylation is 1. The van der Waals surface area contributed by atoms with E-state index in [-0.39, 0.29) is 11.3 Å². The van der Waals surface area contributed by atoms with E-state index in [4.69, 9.17) is 0 Å². The lowest BCUT2D eigenvalue weighted by atomic mass is 10.2. The molecule has 0 unspecified atom stereocenters. The van der Waals surface area contributed by atoms with E-state index in [0.717, 1.165) is 38.2 Å². The van der Waals surface area contributed by atoms with Gasteiger partial charge in [-0.25, -0.2) is 0 Å². The van der Waals surface area contributed by atoms with Crippen molar-refractivity contribution in [3.05, 3.63) is 70.8 Å². The third-order valence-corrected chi connectivity index (χ3v) is 5.18. The summed E-state index contributed by atoms with van der Waals surface area (Å²) in [6, 6.07) is 11.4. The van der Waals surface area contributed by atoms with Crippen molar-refractivity contribution >= 4 is 16.8 Å². The fraction of sp³-hybridized carbons (Fsp3) is 0.333. The number of hydrogen-bond acceptors (Lipinski definition) is 5. The zero-order valence-electron chi connectivity index (χ0n) is 15.7. The van der Waals surface area contributed by atoms with Gasteiger partial charge in [0, 0.05) is 56.9 Å². The minimum Gasteiger partial charge on any atom is -0.340 e. The summed E-state index contributed by atoms with van der Waals surface area (Å²) in [6.45, 7) is 4.57. The summed E-state index contributed by atoms with van der Waals surface area (Å²) in [4.78, 5) is 32.9. The van der Waals surface area contributed by atoms with Crippen LogP contribution in [0.4, 0.5) is 0 Å². The lowest BCUT2D eigenvalue weighted by Crippen LogP contribution is -2.48. The molecule has 1 aromatic carbocycles. The predicted octanol–water partition coefficient (Wildman–Crippen LogP) is 1.53. The van der Waals surface area contributed by atoms with Crippen LogP contribution in [0.25, 0.3) is 10.9 Å². The third-order valence-electron chi connectivity index (χ3n) is 5.18. The molecule has 0 bridgehead atoms. The van der Waals surface area contributed by atoms with Crippen molar-refractivity contribution in [2.24, 2.45) is 0 Å². The van der Waals surface area contributed by atoms with Crippen molar-refractivity contribution in [1.82, 2.24) is 24.6 Å². The van der Waals surface area contributed by atoms with E-state index in [9.17, 15) is 9.59 Å². The Bertz CT molecular complexity index is 1010. The fourth-order valence-corrected chi connectivity index (χ4v) is 3.60. The van der Waals surface area contributed by atoms with Crippen LogP contribution in [0.2, 0.25) is 0 Å². The third kappa shape index (κ3) is 4.09. The number of amides is 1. The van der Waals surface area contributed by atoms with E-state index in [2.05, 4.69) is 15.0 Å². The molecule has 0 spiro atoms. The van der Waals surface area contributed by atoms with Crippen LogP contribution in [0, 0.1) is 0 Å². The highest BCUT2D eigenvalue weighted by atomic mass is 16.2. The topological polar surface area (TPSA) is 71.3 Å². The quantitative estimate of drug-likeness (QED) is 0.674. The van der Waals surface area contributed by atoms with Gasteiger partial charge in [-0.3, -0.25) is 24.2 Å². The van der Waals surface area contributed by atoms with Gasteiger partial charge in [0.1, 0.15) is 0 Å². The monoisotopic (exact) mass is 377 g/mol. The zero-order valence-corrected chi connectivity index (χ0v) is 15.7. The molecular formula is C21H23N5O2. The van der Waals surface area contributed by atoms with Gasteiger partial charge in [0.15, 0.2) is 0 Å². The Hall–Kier alpha value is -3.06. The second-order valence-electron chi connectivity index (χ2n) is 7.01. The summed E-state index contributed by atoms with van der Waals surface area (Å²) in [5.74, 6) is 0.133. The first-order chi connectivity index (χ1) is 13.7. The molecule has 0 radical (unpaired) electrons. The largest absolute Gasteiger partial charge is 0.340 e. The van der Waals surface area contributed by atoms with Gasteiger partial charge in [-0.1, -0.05) is 12.1 Å². The standard InChI is InChI=1S/C21H23N5O2/c27-20-15-23-26(19-4-2-1-3-18(19)20)10-7-21(28)25-13-11-24(12-14-25)16-17-5-8-22-9-6-17/h1-6,8-9,15H,7,10-14,16H2. The van der Waals surface area contributed by atoms with Crippen LogP contribution in [0.1, 0.15) is 12.0 Å². The summed E-state index contributed by atoms with van der Waals surface area (Å²) in [6.07, 6.45) is 5.32. The van der Waals surface area contributed by atoms with Crippen LogP contribution in [-0.2, 0) is 17.9 Å². The maximum absolute atomic E-state index is 12.6. The summed E-state index contributed by atoms with van der Waals surface area (Å²) in [7, 11) is 0. The minimum atomic E-state index is -0.0940. The minimum absolute atomic E-state index is 0.0940. The Morgan fingerprint density at radius 2 is 1.75 bits per heavy atom. The number of fused-ring (bicyclic) bond motifs is 1. The van der Waals surface area contributed by atoms with Gasteiger partial charge in [0.05, 0.1) is 18.3 Å². The molecule has 1 aliphatic rings. The van der Waals surface area contributed by atoms with Crippen LogP contribution in [0.5, 0.6) is 0 Å². The Morgan fingerprint density at radius 1 is 1.00 bits per heavy atom. The summed E-state index contributed by atoms with van der Waals surface area (Å²) >= 11 is 0. The molecule has 2 aromatic heterocycles. The second kappa shape index (κ2) is 8.31. The first-order valence-corrected chi connectivity index (χ1v) is 9.54. The molecule has 0 atom stereocenters. The summed E-state index contributed by atoms with van der Waals surface area (Å²) in [5.41, 5.74) is 1.92. The molecule has 1 aliphatic heterocycles. The van der Waals surface area contributed by atoms with Crippen molar-refractivity contribution in [2.45, 2.75) is 19.5 Å². The number of piperazine rings is 1. The van der Waals surface area contributed by atoms with E-state index in [1.54, 1.807) is 10.7 Å². The molecule has 1 saturated heterocycles. The van der Waals surface area contributed by atoms with Crippen LogP contribution in [0.15, 0.2) is 59.8 Å². The number of pyridine rings is 1. The van der Waals surface area contributed by atoms with Crippen molar-refractivity contribution in [3.63, 3.8) is 0 Å². The second-order valence-corrected chi connectivity index (χ2v) is 7.01. The molecule has 28 heavy (non-hydrogen) atoms. The summed E-state index contributed by atoms with van der Waals surface area (Å²) < 4.78 is 1.74. The van der Waals surface area contributed by atoms with E-state index >= 15 is 0 Å². The van der Waals surface area contributed by atoms with Crippen LogP contribution < -0.4 is 5.43 Å². The van der Waals surface area contributed by atoms with Crippen LogP contribution in [0.3, 0.4) is 0 Å². The first-order valence-electron chi connectivity index (χ1n) is 9.54. The molecule has 144 valence electrons. The predicted molar refractivity (Wildman–Crippen MR) is 107 cm³/mol. The van der Waals surface area contributed by atoms with E-state index in [0.29, 0.717) is 18.4 Å². The van der Waals surface area contributed by atoms with Crippen molar-refractivity contribution < 1.29 is 4.79 Å². The Labute approximate surface area is 163 Å². The molecule has 3 aromatic rings. The first kappa shape index (κ1) is 18.3. The molecule has 0 aliphatic carbocycles. The van der Waals surface area contributed by atoms with Crippen molar-refractivity contribution in [1.29, 1.82) is 0 Å². The molecule has 0 saturated carbocycles. The molecule has 7 heteroatoms. The maximum atomic E-state index is 12.6. The number of nitrogens with zero attached hydrogens (tertiary/aromatic N) is 5. The molecule has 0 N–H and O–H groups in total. The zero-order chi connectivity index (χ0) is 19.3. The van der Waals surface area contributed by atoms with Gasteiger partial charge < -0.3 is 4.90 Å². The van der Waals surface area contributed by atoms with Gasteiger partial charge in [-0.15, -0.1) is 0 Å². The van der Waals surface area contributed by atoms with E-state index in [1.165, 1.54) is 11.8 Å². The molecule has 4 rings (SSSR count). The number of rotatable bonds is 5. The molecule has 1 fully saturated rings. The molecule has 1 amide bonds. The van der Waals surface area contributed by atoms with Gasteiger partial charge >= 0.3 is 0 Å². The molecule has 7 nitrogen and oxygen atoms in total. The van der Waals surface area contributed by atoms with Gasteiger partial charge in [0.2, 0.25) is 11.3 Å². The number of carbonyl (C=O) groups excluding carboxylic acids is 1. The number of aromatic nitrogens is 3. The van der Waals surface area contributed by atoms with Crippen LogP contribution in [-0.4, -0.2) is 56.7 Å². The molecular weight excluding hydrogens is 354 g/mol. The van der Waals surface area contributed by atoms with Gasteiger partial charge in [0.25, 0.3) is 0 Å². The van der Waals surface area contributed by atoms with Crippen molar-refractivity contribution in [3.8, 4) is 0 Å². The molecule has 3 heterocycles. The number of para-hydroxylation sites is 1. The smallest absolute Gasteiger partial charge is 0.224 e. The maximum Gasteiger partial charge on any atom is 0.224 e. The highest BCUT2D eigenvalue weighted by Gasteiger charge is 2.21. The average Bonchev–Trinajstić information content (AvgIpc) is 2.74. The highest BCUT2D eigenvalue weighted by Crippen LogP contribution is 2.11. The van der Waals surface area contributed by atoms with E-state index in [1.807, 2.05) is 47.6 Å². The number of hydrogen-bond donors (Lipinski definition) is 0. The normalized spacial score (nSPS) is 15.1. The lowest BCUT2D eigenvalue weighted by Gasteiger charge is -2.34. The van der Waals surface area contributed by atoms with Gasteiger partial charge in [-0.2, -0.15) is 5.10 Å². The van der Waals surface area contributed by atoms with Crippen molar-refractivity contribution in [2.75, 3.05) is 26.2 Å². The Kier molecular flexibility index (Phi) is 5.43. The summed E-state index contributed by atoms with van der Waals surface area (Å²) in [5, 5.41) is 4.84. The fourth-order valence-electron chi connectivity index (χ4n) is 3.60. The highest BCUT2D eigenvalue weighted by molar-refractivity contribution is 5.79. The number of benzene rings is 1. The SMILES string of the molecule is O=C(CCn1ncc(=O)c2ccccc21)N1CCN(Cc2ccncc2)CC1. The van der Waals surface area contributed by atoms with Crippen LogP contribution >= 0.6 is 0 Å². The van der Waals surface area contributed by atoms with Gasteiger partial charge in [-0.05, 0) is 29.8 Å². The average molecular weight is 377 g/mol. The lowest BCUT2D eigenvalue weighted by molar-refractivity contribution is -0.133. The Morgan fingerprint density at radius 3 is 2.54 bits per heavy atom. The van der Waals surface area contributed by atoms with E-state index < -0.39 is 0 Å². The Balaban J connectivity index is 1.32. The number of carbonyl (C=O) groups is 1.